The third-order valence-corrected chi connectivity index (χ3v) is 4.03. The lowest BCUT2D eigenvalue weighted by Crippen LogP contribution is -2.37. The maximum Gasteiger partial charge on any atom is 0.234 e. The molecule has 1 aliphatic heterocycles. The van der Waals surface area contributed by atoms with Crippen molar-refractivity contribution >= 4 is 5.91 Å². The van der Waals surface area contributed by atoms with Gasteiger partial charge in [-0.05, 0) is 49.9 Å². The van der Waals surface area contributed by atoms with E-state index in [2.05, 4.69) is 34.5 Å². The second kappa shape index (κ2) is 5.11. The van der Waals surface area contributed by atoms with Crippen molar-refractivity contribution < 1.29 is 4.79 Å². The third kappa shape index (κ3) is 2.41. The molecule has 96 valence electrons. The highest BCUT2D eigenvalue weighted by atomic mass is 16.2. The Bertz CT molecular complexity index is 438. The number of carbonyl (C=O) groups is 1. The molecule has 0 bridgehead atoms. The van der Waals surface area contributed by atoms with Crippen molar-refractivity contribution in [2.24, 2.45) is 0 Å². The van der Waals surface area contributed by atoms with Gasteiger partial charge in [-0.2, -0.15) is 0 Å². The van der Waals surface area contributed by atoms with E-state index in [1.807, 2.05) is 0 Å². The number of nitrogens with one attached hydrogen (secondary N) is 1. The van der Waals surface area contributed by atoms with Gasteiger partial charge in [-0.1, -0.05) is 24.3 Å². The van der Waals surface area contributed by atoms with Crippen LogP contribution in [0.4, 0.5) is 0 Å². The summed E-state index contributed by atoms with van der Waals surface area (Å²) in [6.07, 6.45) is 4.61. The molecule has 0 radical (unpaired) electrons. The van der Waals surface area contributed by atoms with Crippen molar-refractivity contribution in [1.29, 1.82) is 0 Å². The van der Waals surface area contributed by atoms with E-state index in [-0.39, 0.29) is 11.9 Å². The van der Waals surface area contributed by atoms with Crippen LogP contribution in [0.2, 0.25) is 0 Å². The molecule has 0 spiro atoms. The maximum absolute atomic E-state index is 12.0. The molecular formula is C15H20N2O. The predicted molar refractivity (Wildman–Crippen MR) is 71.3 cm³/mol. The average molecular weight is 244 g/mol. The molecule has 1 N–H and O–H groups in total. The number of amides is 1. The normalized spacial score (nSPS) is 23.0. The molecule has 1 aromatic rings. The van der Waals surface area contributed by atoms with Gasteiger partial charge < -0.3 is 5.32 Å². The van der Waals surface area contributed by atoms with Crippen LogP contribution in [-0.4, -0.2) is 30.4 Å². The molecule has 1 aromatic carbocycles. The van der Waals surface area contributed by atoms with Crippen LogP contribution in [0, 0.1) is 0 Å². The van der Waals surface area contributed by atoms with Crippen LogP contribution in [0.15, 0.2) is 24.3 Å². The summed E-state index contributed by atoms with van der Waals surface area (Å²) < 4.78 is 0. The lowest BCUT2D eigenvalue weighted by Gasteiger charge is -2.18. The molecule has 1 unspecified atom stereocenters. The van der Waals surface area contributed by atoms with Gasteiger partial charge in [-0.15, -0.1) is 0 Å². The molecule has 18 heavy (non-hydrogen) atoms. The number of likely N-dealkylation sites (tertiary alicyclic amines) is 1. The van der Waals surface area contributed by atoms with E-state index in [1.165, 1.54) is 24.0 Å². The van der Waals surface area contributed by atoms with Crippen LogP contribution in [-0.2, 0) is 11.2 Å². The summed E-state index contributed by atoms with van der Waals surface area (Å²) >= 11 is 0. The van der Waals surface area contributed by atoms with Crippen molar-refractivity contribution in [2.75, 3.05) is 19.6 Å². The zero-order valence-electron chi connectivity index (χ0n) is 10.7. The number of benzene rings is 1. The van der Waals surface area contributed by atoms with E-state index in [1.54, 1.807) is 0 Å². The molecule has 2 aliphatic rings. The topological polar surface area (TPSA) is 32.3 Å². The van der Waals surface area contributed by atoms with Crippen molar-refractivity contribution in [3.05, 3.63) is 35.4 Å². The summed E-state index contributed by atoms with van der Waals surface area (Å²) in [6, 6.07) is 8.68. The van der Waals surface area contributed by atoms with Gasteiger partial charge in [0, 0.05) is 0 Å². The fourth-order valence-electron chi connectivity index (χ4n) is 3.09. The quantitative estimate of drug-likeness (QED) is 0.880. The Hall–Kier alpha value is -1.35. The third-order valence-electron chi connectivity index (χ3n) is 4.03. The first-order valence-electron chi connectivity index (χ1n) is 6.92. The highest BCUT2D eigenvalue weighted by Crippen LogP contribution is 2.30. The molecule has 3 rings (SSSR count). The monoisotopic (exact) mass is 244 g/mol. The minimum Gasteiger partial charge on any atom is -0.348 e. The zero-order valence-corrected chi connectivity index (χ0v) is 10.7. The number of carbonyl (C=O) groups excluding carboxylic acids is 1. The Morgan fingerprint density at radius 3 is 2.89 bits per heavy atom. The van der Waals surface area contributed by atoms with Gasteiger partial charge in [0.05, 0.1) is 12.6 Å². The van der Waals surface area contributed by atoms with Crippen molar-refractivity contribution in [2.45, 2.75) is 31.7 Å². The van der Waals surface area contributed by atoms with E-state index >= 15 is 0 Å². The molecule has 1 aliphatic carbocycles. The van der Waals surface area contributed by atoms with Gasteiger partial charge in [0.15, 0.2) is 0 Å². The molecule has 0 saturated carbocycles. The Balaban J connectivity index is 1.58. The number of fused-ring (bicyclic) bond motifs is 1. The highest BCUT2D eigenvalue weighted by molar-refractivity contribution is 5.78. The predicted octanol–water partition coefficient (Wildman–Crippen LogP) is 1.89. The Kier molecular flexibility index (Phi) is 3.33. The first kappa shape index (κ1) is 11.7. The van der Waals surface area contributed by atoms with E-state index in [9.17, 15) is 4.79 Å². The minimum absolute atomic E-state index is 0.179. The number of nitrogens with zero attached hydrogens (tertiary/aromatic N) is 1. The fourth-order valence-corrected chi connectivity index (χ4v) is 3.09. The van der Waals surface area contributed by atoms with Crippen LogP contribution < -0.4 is 5.32 Å². The molecule has 3 nitrogen and oxygen atoms in total. The first-order chi connectivity index (χ1) is 8.83. The Labute approximate surface area is 108 Å². The molecule has 1 heterocycles. The van der Waals surface area contributed by atoms with Crippen LogP contribution >= 0.6 is 0 Å². The van der Waals surface area contributed by atoms with Gasteiger partial charge in [0.1, 0.15) is 0 Å². The number of hydrogen-bond donors (Lipinski definition) is 1. The molecule has 1 saturated heterocycles. The van der Waals surface area contributed by atoms with Crippen LogP contribution in [0.3, 0.4) is 0 Å². The largest absolute Gasteiger partial charge is 0.348 e. The van der Waals surface area contributed by atoms with Crippen LogP contribution in [0.1, 0.15) is 36.4 Å². The SMILES string of the molecule is O=C(CN1CCCC1)NC1CCc2ccccc21. The van der Waals surface area contributed by atoms with E-state index in [0.717, 1.165) is 25.9 Å². The van der Waals surface area contributed by atoms with Gasteiger partial charge in [0.2, 0.25) is 5.91 Å². The number of hydrogen-bond acceptors (Lipinski definition) is 2. The zero-order chi connectivity index (χ0) is 12.4. The summed E-state index contributed by atoms with van der Waals surface area (Å²) in [5.74, 6) is 0.179. The van der Waals surface area contributed by atoms with Gasteiger partial charge in [-0.3, -0.25) is 9.69 Å². The number of aryl methyl sites for hydroxylation is 1. The standard InChI is InChI=1S/C15H20N2O/c18-15(11-17-9-3-4-10-17)16-14-8-7-12-5-1-2-6-13(12)14/h1-2,5-6,14H,3-4,7-11H2,(H,16,18). The summed E-state index contributed by atoms with van der Waals surface area (Å²) in [6.45, 7) is 2.72. The molecule has 1 amide bonds. The highest BCUT2D eigenvalue weighted by Gasteiger charge is 2.24. The Morgan fingerprint density at radius 2 is 2.06 bits per heavy atom. The second-order valence-electron chi connectivity index (χ2n) is 5.34. The number of rotatable bonds is 3. The molecule has 3 heteroatoms. The van der Waals surface area contributed by atoms with Crippen molar-refractivity contribution in [1.82, 2.24) is 10.2 Å². The van der Waals surface area contributed by atoms with Crippen LogP contribution in [0.25, 0.3) is 0 Å². The lowest BCUT2D eigenvalue weighted by molar-refractivity contribution is -0.122. The molecule has 1 fully saturated rings. The van der Waals surface area contributed by atoms with E-state index in [0.29, 0.717) is 6.54 Å². The Morgan fingerprint density at radius 1 is 1.28 bits per heavy atom. The van der Waals surface area contributed by atoms with Crippen LogP contribution in [0.5, 0.6) is 0 Å². The minimum atomic E-state index is 0.179. The molecular weight excluding hydrogens is 224 g/mol. The fraction of sp³-hybridized carbons (Fsp3) is 0.533. The summed E-state index contributed by atoms with van der Waals surface area (Å²) in [4.78, 5) is 14.3. The first-order valence-corrected chi connectivity index (χ1v) is 6.92. The van der Waals surface area contributed by atoms with Gasteiger partial charge in [0.25, 0.3) is 0 Å². The van der Waals surface area contributed by atoms with Gasteiger partial charge >= 0.3 is 0 Å². The van der Waals surface area contributed by atoms with Crippen molar-refractivity contribution in [3.63, 3.8) is 0 Å². The average Bonchev–Trinajstić information content (AvgIpc) is 3.00. The van der Waals surface area contributed by atoms with Crippen molar-refractivity contribution in [3.8, 4) is 0 Å². The maximum atomic E-state index is 12.0. The second-order valence-corrected chi connectivity index (χ2v) is 5.34. The van der Waals surface area contributed by atoms with E-state index < -0.39 is 0 Å². The van der Waals surface area contributed by atoms with E-state index in [4.69, 9.17) is 0 Å². The summed E-state index contributed by atoms with van der Waals surface area (Å²) in [5, 5.41) is 3.18. The molecule has 0 aromatic heterocycles. The smallest absolute Gasteiger partial charge is 0.234 e. The summed E-state index contributed by atoms with van der Waals surface area (Å²) in [7, 11) is 0. The summed E-state index contributed by atoms with van der Waals surface area (Å²) in [5.41, 5.74) is 2.70. The molecule has 1 atom stereocenters. The van der Waals surface area contributed by atoms with Gasteiger partial charge in [-0.25, -0.2) is 0 Å². The lowest BCUT2D eigenvalue weighted by atomic mass is 10.1.